The molecular formula is C14H12Cl2N2O3. The molecule has 1 aromatic rings. The van der Waals surface area contributed by atoms with Crippen LogP contribution in [0.4, 0.5) is 0 Å². The van der Waals surface area contributed by atoms with Gasteiger partial charge in [-0.05, 0) is 24.6 Å². The molecule has 0 aliphatic heterocycles. The van der Waals surface area contributed by atoms with Gasteiger partial charge in [0.15, 0.2) is 12.4 Å². The van der Waals surface area contributed by atoms with Crippen LogP contribution in [0, 0.1) is 22.7 Å². The van der Waals surface area contributed by atoms with E-state index in [9.17, 15) is 9.59 Å². The second-order valence-corrected chi connectivity index (χ2v) is 5.13. The van der Waals surface area contributed by atoms with Crippen LogP contribution in [0.15, 0.2) is 18.2 Å². The summed E-state index contributed by atoms with van der Waals surface area (Å²) in [5, 5.41) is 16.8. The summed E-state index contributed by atoms with van der Waals surface area (Å²) in [6, 6.07) is 6.37. The maximum atomic E-state index is 11.6. The highest BCUT2D eigenvalue weighted by Gasteiger charge is 2.21. The minimum Gasteiger partial charge on any atom is -0.457 e. The van der Waals surface area contributed by atoms with Crippen molar-refractivity contribution in [1.29, 1.82) is 10.7 Å². The fourth-order valence-corrected chi connectivity index (χ4v) is 1.99. The number of rotatable bonds is 6. The first kappa shape index (κ1) is 17.2. The Morgan fingerprint density at radius 3 is 2.62 bits per heavy atom. The van der Waals surface area contributed by atoms with Gasteiger partial charge in [-0.1, -0.05) is 29.3 Å². The minimum absolute atomic E-state index is 0.0840. The number of ketones is 1. The largest absolute Gasteiger partial charge is 0.457 e. The standard InChI is InChI=1S/C14H12Cl2N2O3/c1-8(18)11(6-17)13(19)7-21-14(20)4-9-2-3-10(15)5-12(9)16/h2-3,5,11,18H,4,7H2,1H3. The molecule has 21 heavy (non-hydrogen) atoms. The first-order valence-electron chi connectivity index (χ1n) is 5.92. The van der Waals surface area contributed by atoms with Gasteiger partial charge in [-0.3, -0.25) is 9.59 Å². The molecule has 110 valence electrons. The lowest BCUT2D eigenvalue weighted by atomic mass is 10.0. The molecule has 0 saturated heterocycles. The third-order valence-corrected chi connectivity index (χ3v) is 3.20. The summed E-state index contributed by atoms with van der Waals surface area (Å²) in [6.07, 6.45) is -0.107. The van der Waals surface area contributed by atoms with E-state index in [1.807, 2.05) is 0 Å². The number of esters is 1. The number of nitrogens with one attached hydrogen (secondary N) is 1. The fraction of sp³-hybridized carbons (Fsp3) is 0.286. The van der Waals surface area contributed by atoms with Gasteiger partial charge in [0, 0.05) is 15.8 Å². The van der Waals surface area contributed by atoms with Crippen molar-refractivity contribution in [1.82, 2.24) is 0 Å². The maximum absolute atomic E-state index is 11.6. The number of hydrogen-bond acceptors (Lipinski definition) is 5. The molecule has 1 aromatic carbocycles. The molecule has 0 radical (unpaired) electrons. The second-order valence-electron chi connectivity index (χ2n) is 4.28. The third-order valence-electron chi connectivity index (χ3n) is 2.61. The SMILES string of the molecule is CC(=N)C(C#N)C(=O)COC(=O)Cc1ccc(Cl)cc1Cl. The van der Waals surface area contributed by atoms with Gasteiger partial charge in [-0.25, -0.2) is 0 Å². The highest BCUT2D eigenvalue weighted by atomic mass is 35.5. The molecule has 0 amide bonds. The Hall–Kier alpha value is -1.90. The van der Waals surface area contributed by atoms with E-state index in [-0.39, 0.29) is 12.1 Å². The Balaban J connectivity index is 2.57. The number of hydrogen-bond donors (Lipinski definition) is 1. The van der Waals surface area contributed by atoms with E-state index in [0.29, 0.717) is 15.6 Å². The lowest BCUT2D eigenvalue weighted by molar-refractivity contribution is -0.147. The van der Waals surface area contributed by atoms with Crippen LogP contribution in [0.3, 0.4) is 0 Å². The Morgan fingerprint density at radius 2 is 2.10 bits per heavy atom. The van der Waals surface area contributed by atoms with Crippen LogP contribution in [-0.2, 0) is 20.7 Å². The first-order valence-corrected chi connectivity index (χ1v) is 6.67. The molecule has 1 atom stereocenters. The molecule has 0 bridgehead atoms. The van der Waals surface area contributed by atoms with Gasteiger partial charge in [-0.2, -0.15) is 5.26 Å². The highest BCUT2D eigenvalue weighted by molar-refractivity contribution is 6.35. The number of nitrogens with zero attached hydrogens (tertiary/aromatic N) is 1. The van der Waals surface area contributed by atoms with Crippen LogP contribution in [0.25, 0.3) is 0 Å². The fourth-order valence-electron chi connectivity index (χ4n) is 1.52. The third kappa shape index (κ3) is 5.18. The molecule has 0 aromatic heterocycles. The van der Waals surface area contributed by atoms with E-state index in [4.69, 9.17) is 38.6 Å². The summed E-state index contributed by atoms with van der Waals surface area (Å²) in [4.78, 5) is 23.2. The molecule has 1 N–H and O–H groups in total. The van der Waals surface area contributed by atoms with E-state index in [1.54, 1.807) is 18.2 Å². The van der Waals surface area contributed by atoms with Gasteiger partial charge in [0.2, 0.25) is 0 Å². The number of halogens is 2. The van der Waals surface area contributed by atoms with Crippen LogP contribution in [-0.4, -0.2) is 24.1 Å². The molecule has 0 fully saturated rings. The van der Waals surface area contributed by atoms with Crippen molar-refractivity contribution in [3.8, 4) is 6.07 Å². The summed E-state index contributed by atoms with van der Waals surface area (Å²) >= 11 is 11.7. The number of nitriles is 1. The summed E-state index contributed by atoms with van der Waals surface area (Å²) in [5.74, 6) is -2.45. The zero-order valence-corrected chi connectivity index (χ0v) is 12.7. The Kier molecular flexibility index (Phi) is 6.35. The van der Waals surface area contributed by atoms with Crippen LogP contribution >= 0.6 is 23.2 Å². The molecule has 1 rings (SSSR count). The van der Waals surface area contributed by atoms with Gasteiger partial charge < -0.3 is 10.1 Å². The van der Waals surface area contributed by atoms with Crippen LogP contribution in [0.2, 0.25) is 10.0 Å². The molecule has 1 unspecified atom stereocenters. The van der Waals surface area contributed by atoms with Gasteiger partial charge in [0.05, 0.1) is 12.5 Å². The molecule has 0 aliphatic carbocycles. The average Bonchev–Trinajstić information content (AvgIpc) is 2.40. The first-order chi connectivity index (χ1) is 9.85. The highest BCUT2D eigenvalue weighted by Crippen LogP contribution is 2.21. The van der Waals surface area contributed by atoms with E-state index in [2.05, 4.69) is 0 Å². The van der Waals surface area contributed by atoms with Crippen LogP contribution in [0.1, 0.15) is 12.5 Å². The Bertz CT molecular complexity index is 623. The molecule has 7 heteroatoms. The van der Waals surface area contributed by atoms with Gasteiger partial charge in [0.1, 0.15) is 5.92 Å². The summed E-state index contributed by atoms with van der Waals surface area (Å²) in [6.45, 7) is 0.805. The summed E-state index contributed by atoms with van der Waals surface area (Å²) < 4.78 is 4.80. The van der Waals surface area contributed by atoms with E-state index < -0.39 is 24.3 Å². The predicted molar refractivity (Wildman–Crippen MR) is 78.6 cm³/mol. The normalized spacial score (nSPS) is 11.3. The summed E-state index contributed by atoms with van der Waals surface area (Å²) in [7, 11) is 0. The molecule has 0 saturated carbocycles. The predicted octanol–water partition coefficient (Wildman–Crippen LogP) is 2.83. The second kappa shape index (κ2) is 7.77. The van der Waals surface area contributed by atoms with E-state index >= 15 is 0 Å². The lowest BCUT2D eigenvalue weighted by Crippen LogP contribution is -2.26. The zero-order chi connectivity index (χ0) is 16.0. The van der Waals surface area contributed by atoms with Gasteiger partial charge in [0.25, 0.3) is 0 Å². The number of benzene rings is 1. The van der Waals surface area contributed by atoms with Crippen molar-refractivity contribution in [2.24, 2.45) is 5.92 Å². The van der Waals surface area contributed by atoms with Crippen molar-refractivity contribution >= 4 is 40.7 Å². The number of Topliss-reactive ketones (excluding diaryl/α,β-unsaturated/α-hetero) is 1. The molecule has 0 aliphatic rings. The van der Waals surface area contributed by atoms with Crippen molar-refractivity contribution in [3.63, 3.8) is 0 Å². The number of carbonyl (C=O) groups excluding carboxylic acids is 2. The average molecular weight is 327 g/mol. The van der Waals surface area contributed by atoms with Gasteiger partial charge in [-0.15, -0.1) is 0 Å². The molecule has 0 heterocycles. The topological polar surface area (TPSA) is 91.0 Å². The lowest BCUT2D eigenvalue weighted by Gasteiger charge is -2.08. The monoisotopic (exact) mass is 326 g/mol. The number of ether oxygens (including phenoxy) is 1. The van der Waals surface area contributed by atoms with Crippen molar-refractivity contribution in [3.05, 3.63) is 33.8 Å². The molecular weight excluding hydrogens is 315 g/mol. The maximum Gasteiger partial charge on any atom is 0.310 e. The Morgan fingerprint density at radius 1 is 1.43 bits per heavy atom. The van der Waals surface area contributed by atoms with Crippen molar-refractivity contribution in [2.45, 2.75) is 13.3 Å². The van der Waals surface area contributed by atoms with Crippen molar-refractivity contribution in [2.75, 3.05) is 6.61 Å². The minimum atomic E-state index is -1.18. The number of carbonyl (C=O) groups is 2. The van der Waals surface area contributed by atoms with E-state index in [1.165, 1.54) is 13.0 Å². The summed E-state index contributed by atoms with van der Waals surface area (Å²) in [5.41, 5.74) is 0.442. The van der Waals surface area contributed by atoms with Gasteiger partial charge >= 0.3 is 5.97 Å². The Labute approximate surface area is 131 Å². The molecule has 5 nitrogen and oxygen atoms in total. The van der Waals surface area contributed by atoms with Crippen molar-refractivity contribution < 1.29 is 14.3 Å². The van der Waals surface area contributed by atoms with E-state index in [0.717, 1.165) is 0 Å². The smallest absolute Gasteiger partial charge is 0.310 e. The molecule has 0 spiro atoms. The zero-order valence-electron chi connectivity index (χ0n) is 11.2. The van der Waals surface area contributed by atoms with Crippen LogP contribution in [0.5, 0.6) is 0 Å². The van der Waals surface area contributed by atoms with Crippen LogP contribution < -0.4 is 0 Å². The quantitative estimate of drug-likeness (QED) is 0.642.